The standard InChI is InChI=1S/C24H31N5O6S/c1-23(2,3)35-21(30)18-10-8-7-9-17(18)19-13-20(34-12-11-24(4,5)31)27-22(26-19)28-36(32,33)16-14-25-29(6)15-16/h7-10,13-15,31H,11-12H2,1-6H3,(H,26,27,28). The predicted molar refractivity (Wildman–Crippen MR) is 133 cm³/mol. The number of sulfonamides is 1. The normalized spacial score (nSPS) is 12.3. The maximum atomic E-state index is 12.9. The number of carbonyl (C=O) groups excluding carboxylic acids is 1. The number of nitrogens with zero attached hydrogens (tertiary/aromatic N) is 4. The Bertz CT molecular complexity index is 1340. The second-order valence-electron chi connectivity index (χ2n) is 9.83. The van der Waals surface area contributed by atoms with Crippen molar-refractivity contribution in [2.45, 2.75) is 57.1 Å². The number of aromatic nitrogens is 4. The lowest BCUT2D eigenvalue weighted by Crippen LogP contribution is -2.24. The van der Waals surface area contributed by atoms with Crippen molar-refractivity contribution in [2.75, 3.05) is 11.3 Å². The first-order valence-electron chi connectivity index (χ1n) is 11.2. The third-order valence-corrected chi connectivity index (χ3v) is 5.99. The smallest absolute Gasteiger partial charge is 0.339 e. The van der Waals surface area contributed by atoms with Gasteiger partial charge >= 0.3 is 5.97 Å². The highest BCUT2D eigenvalue weighted by Crippen LogP contribution is 2.28. The summed E-state index contributed by atoms with van der Waals surface area (Å²) in [5.74, 6) is -0.751. The van der Waals surface area contributed by atoms with Gasteiger partial charge in [0.2, 0.25) is 11.8 Å². The van der Waals surface area contributed by atoms with Crippen LogP contribution in [0.4, 0.5) is 5.95 Å². The minimum absolute atomic E-state index is 0.0622. The summed E-state index contributed by atoms with van der Waals surface area (Å²) < 4.78 is 40.7. The first-order chi connectivity index (χ1) is 16.6. The molecule has 2 N–H and O–H groups in total. The molecule has 11 nitrogen and oxygen atoms in total. The molecule has 1 aromatic carbocycles. The van der Waals surface area contributed by atoms with Gasteiger partial charge in [-0.3, -0.25) is 4.68 Å². The number of rotatable bonds is 9. The lowest BCUT2D eigenvalue weighted by molar-refractivity contribution is 0.00701. The monoisotopic (exact) mass is 517 g/mol. The van der Waals surface area contributed by atoms with Crippen LogP contribution < -0.4 is 9.46 Å². The van der Waals surface area contributed by atoms with Gasteiger partial charge in [0.1, 0.15) is 10.5 Å². The van der Waals surface area contributed by atoms with E-state index < -0.39 is 27.2 Å². The average Bonchev–Trinajstić information content (AvgIpc) is 3.18. The zero-order valence-corrected chi connectivity index (χ0v) is 22.0. The van der Waals surface area contributed by atoms with Gasteiger partial charge in [0, 0.05) is 31.3 Å². The predicted octanol–water partition coefficient (Wildman–Crippen LogP) is 3.17. The molecule has 0 amide bonds. The Kier molecular flexibility index (Phi) is 7.70. The van der Waals surface area contributed by atoms with Crippen LogP contribution in [0.25, 0.3) is 11.3 Å². The van der Waals surface area contributed by atoms with E-state index in [0.29, 0.717) is 12.0 Å². The molecule has 194 valence electrons. The zero-order chi connectivity index (χ0) is 26.7. The third kappa shape index (κ3) is 7.49. The molecule has 0 saturated heterocycles. The molecule has 0 aliphatic heterocycles. The van der Waals surface area contributed by atoms with E-state index in [2.05, 4.69) is 19.8 Å². The van der Waals surface area contributed by atoms with Crippen molar-refractivity contribution in [2.24, 2.45) is 7.05 Å². The van der Waals surface area contributed by atoms with Gasteiger partial charge in [-0.1, -0.05) is 18.2 Å². The number of aryl methyl sites for hydroxylation is 1. The molecule has 0 saturated carbocycles. The molecule has 3 rings (SSSR count). The molecule has 0 radical (unpaired) electrons. The number of hydrogen-bond acceptors (Lipinski definition) is 9. The van der Waals surface area contributed by atoms with Crippen LogP contribution in [0.5, 0.6) is 5.88 Å². The highest BCUT2D eigenvalue weighted by molar-refractivity contribution is 7.92. The average molecular weight is 518 g/mol. The van der Waals surface area contributed by atoms with E-state index in [0.717, 1.165) is 0 Å². The zero-order valence-electron chi connectivity index (χ0n) is 21.1. The molecule has 36 heavy (non-hydrogen) atoms. The topological polar surface area (TPSA) is 146 Å². The van der Waals surface area contributed by atoms with Gasteiger partial charge in [-0.05, 0) is 40.7 Å². The fourth-order valence-electron chi connectivity index (χ4n) is 3.02. The molecule has 12 heteroatoms. The highest BCUT2D eigenvalue weighted by Gasteiger charge is 2.24. The Morgan fingerprint density at radius 2 is 1.83 bits per heavy atom. The van der Waals surface area contributed by atoms with Crippen molar-refractivity contribution >= 4 is 21.9 Å². The Balaban J connectivity index is 2.04. The van der Waals surface area contributed by atoms with Gasteiger partial charge in [0.15, 0.2) is 0 Å². The molecule has 3 aromatic rings. The molecule has 0 bridgehead atoms. The summed E-state index contributed by atoms with van der Waals surface area (Å²) in [4.78, 5) is 21.3. The summed E-state index contributed by atoms with van der Waals surface area (Å²) in [6.07, 6.45) is 2.84. The fourth-order valence-corrected chi connectivity index (χ4v) is 3.95. The number of anilines is 1. The van der Waals surface area contributed by atoms with Gasteiger partial charge in [-0.2, -0.15) is 10.1 Å². The lowest BCUT2D eigenvalue weighted by atomic mass is 10.0. The van der Waals surface area contributed by atoms with Crippen LogP contribution in [0.2, 0.25) is 0 Å². The van der Waals surface area contributed by atoms with Gasteiger partial charge in [-0.15, -0.1) is 0 Å². The molecule has 0 fully saturated rings. The van der Waals surface area contributed by atoms with Crippen LogP contribution in [0.1, 0.15) is 51.4 Å². The minimum atomic E-state index is -4.05. The maximum absolute atomic E-state index is 12.9. The lowest BCUT2D eigenvalue weighted by Gasteiger charge is -2.20. The molecular weight excluding hydrogens is 486 g/mol. The number of ether oxygens (including phenoxy) is 2. The van der Waals surface area contributed by atoms with Crippen molar-refractivity contribution in [3.05, 3.63) is 48.3 Å². The molecule has 0 atom stereocenters. The van der Waals surface area contributed by atoms with Gasteiger partial charge in [0.05, 0.1) is 29.7 Å². The van der Waals surface area contributed by atoms with Gasteiger partial charge in [-0.25, -0.2) is 22.9 Å². The summed E-state index contributed by atoms with van der Waals surface area (Å²) >= 11 is 0. The van der Waals surface area contributed by atoms with E-state index in [1.807, 2.05) is 0 Å². The molecule has 2 heterocycles. The highest BCUT2D eigenvalue weighted by atomic mass is 32.2. The fraction of sp³-hybridized carbons (Fsp3) is 0.417. The first-order valence-corrected chi connectivity index (χ1v) is 12.7. The molecule has 2 aromatic heterocycles. The molecule has 0 aliphatic carbocycles. The summed E-state index contributed by atoms with van der Waals surface area (Å²) in [5.41, 5.74) is -0.790. The molecule has 0 spiro atoms. The Labute approximate surface area is 210 Å². The Morgan fingerprint density at radius 3 is 2.44 bits per heavy atom. The summed E-state index contributed by atoms with van der Waals surface area (Å²) in [6, 6.07) is 8.17. The van der Waals surface area contributed by atoms with E-state index >= 15 is 0 Å². The number of esters is 1. The quantitative estimate of drug-likeness (QED) is 0.409. The van der Waals surface area contributed by atoms with Crippen LogP contribution in [-0.4, -0.2) is 57.1 Å². The molecule has 0 aliphatic rings. The number of aliphatic hydroxyl groups is 1. The summed E-state index contributed by atoms with van der Waals surface area (Å²) in [7, 11) is -2.45. The molecular formula is C24H31N5O6S. The number of nitrogens with one attached hydrogen (secondary N) is 1. The van der Waals surface area contributed by atoms with Crippen LogP contribution in [0, 0.1) is 0 Å². The van der Waals surface area contributed by atoms with Gasteiger partial charge in [0.25, 0.3) is 10.0 Å². The maximum Gasteiger partial charge on any atom is 0.339 e. The van der Waals surface area contributed by atoms with Gasteiger partial charge < -0.3 is 14.6 Å². The first kappa shape index (κ1) is 27.1. The van der Waals surface area contributed by atoms with Crippen LogP contribution in [0.15, 0.2) is 47.6 Å². The van der Waals surface area contributed by atoms with Crippen molar-refractivity contribution in [1.82, 2.24) is 19.7 Å². The van der Waals surface area contributed by atoms with Crippen molar-refractivity contribution in [3.8, 4) is 17.1 Å². The number of hydrogen-bond donors (Lipinski definition) is 2. The van der Waals surface area contributed by atoms with Crippen LogP contribution >= 0.6 is 0 Å². The minimum Gasteiger partial charge on any atom is -0.477 e. The largest absolute Gasteiger partial charge is 0.477 e. The number of benzene rings is 1. The molecule has 0 unspecified atom stereocenters. The van der Waals surface area contributed by atoms with Crippen molar-refractivity contribution in [3.63, 3.8) is 0 Å². The SMILES string of the molecule is Cn1cc(S(=O)(=O)Nc2nc(OCCC(C)(C)O)cc(-c3ccccc3C(=O)OC(C)(C)C)n2)cn1. The van der Waals surface area contributed by atoms with Crippen LogP contribution in [-0.2, 0) is 21.8 Å². The van der Waals surface area contributed by atoms with Crippen molar-refractivity contribution in [1.29, 1.82) is 0 Å². The van der Waals surface area contributed by atoms with E-state index in [4.69, 9.17) is 9.47 Å². The van der Waals surface area contributed by atoms with E-state index in [1.165, 1.54) is 23.1 Å². The summed E-state index contributed by atoms with van der Waals surface area (Å²) in [5, 5.41) is 13.9. The van der Waals surface area contributed by atoms with E-state index in [9.17, 15) is 18.3 Å². The second-order valence-corrected chi connectivity index (χ2v) is 11.5. The third-order valence-electron chi connectivity index (χ3n) is 4.71. The van der Waals surface area contributed by atoms with Crippen molar-refractivity contribution < 1.29 is 27.8 Å². The Hall–Kier alpha value is -3.51. The second kappa shape index (κ2) is 10.2. The number of carbonyl (C=O) groups is 1. The summed E-state index contributed by atoms with van der Waals surface area (Å²) in [6.45, 7) is 8.69. The Morgan fingerprint density at radius 1 is 1.14 bits per heavy atom. The van der Waals surface area contributed by atoms with E-state index in [-0.39, 0.29) is 34.6 Å². The van der Waals surface area contributed by atoms with E-state index in [1.54, 1.807) is 65.9 Å². The van der Waals surface area contributed by atoms with Crippen LogP contribution in [0.3, 0.4) is 0 Å².